The van der Waals surface area contributed by atoms with Crippen molar-refractivity contribution < 1.29 is 18.8 Å². The van der Waals surface area contributed by atoms with Gasteiger partial charge in [-0.15, -0.1) is 6.58 Å². The Labute approximate surface area is 305 Å². The zero-order chi connectivity index (χ0) is 33.4. The number of carbonyl (C=O) groups excluding carboxylic acids is 3. The summed E-state index contributed by atoms with van der Waals surface area (Å²) < 4.78 is 7.79. The van der Waals surface area contributed by atoms with Crippen LogP contribution in [0.3, 0.4) is 0 Å². The van der Waals surface area contributed by atoms with Crippen LogP contribution < -0.4 is 5.32 Å². The fourth-order valence-electron chi connectivity index (χ4n) is 6.74. The second-order valence-corrected chi connectivity index (χ2v) is 14.4. The van der Waals surface area contributed by atoms with Gasteiger partial charge in [-0.05, 0) is 103 Å². The lowest BCUT2D eigenvalue weighted by molar-refractivity contribution is -0.157. The second kappa shape index (κ2) is 13.9. The number of hydrazine groups is 1. The molecule has 9 nitrogen and oxygen atoms in total. The quantitative estimate of drug-likeness (QED) is 0.135. The molecule has 0 unspecified atom stereocenters. The number of fused-ring (bicyclic) bond motifs is 3. The van der Waals surface area contributed by atoms with Crippen molar-refractivity contribution in [3.05, 3.63) is 128 Å². The first kappa shape index (κ1) is 32.6. The molecular weight excluding hydrogens is 832 g/mol. The van der Waals surface area contributed by atoms with Gasteiger partial charge in [-0.3, -0.25) is 14.6 Å². The molecule has 1 aromatic heterocycles. The third kappa shape index (κ3) is 6.42. The van der Waals surface area contributed by atoms with Crippen molar-refractivity contribution in [3.8, 4) is 0 Å². The highest BCUT2D eigenvalue weighted by atomic mass is 127. The Morgan fingerprint density at radius 1 is 0.958 bits per heavy atom. The standard InChI is InChI=1S/C37H33I2N5O4/c1-2-15-42(37(47)40-20-25-10-12-30(38)31(39)18-25)43-23-35(45)44-32(19-24-11-13-33-27(17-24)14-16-48-33)36(46)41(22-34(43)44)21-28-8-5-7-26-6-3-4-9-29(26)28/h2-14,16-18,32,34H,1,15,19-23H2,(H,40,47)/t32-,34+/m0/s1. The van der Waals surface area contributed by atoms with Gasteiger partial charge in [0.05, 0.1) is 25.9 Å². The normalized spacial score (nSPS) is 18.0. The Balaban J connectivity index is 1.20. The molecule has 3 heterocycles. The van der Waals surface area contributed by atoms with Crippen molar-refractivity contribution in [3.63, 3.8) is 0 Å². The Kier molecular flexibility index (Phi) is 9.43. The van der Waals surface area contributed by atoms with Crippen molar-refractivity contribution in [1.29, 1.82) is 0 Å². The average Bonchev–Trinajstić information content (AvgIpc) is 3.69. The zero-order valence-corrected chi connectivity index (χ0v) is 30.3. The SMILES string of the molecule is C=CCN(C(=O)NCc1ccc(I)c(I)c1)N1CC(=O)N2[C@@H](Cc3ccc4occc4c3)C(=O)N(Cc3cccc4ccccc34)C[C@@H]21. The number of nitrogens with one attached hydrogen (secondary N) is 1. The van der Waals surface area contributed by atoms with E-state index in [-0.39, 0.29) is 37.5 Å². The molecular formula is C37H33I2N5O4. The molecule has 4 aromatic carbocycles. The predicted molar refractivity (Wildman–Crippen MR) is 201 cm³/mol. The van der Waals surface area contributed by atoms with Gasteiger partial charge in [-0.25, -0.2) is 4.79 Å². The Hall–Kier alpha value is -3.95. The van der Waals surface area contributed by atoms with Crippen LogP contribution in [0.15, 0.2) is 108 Å². The molecule has 0 bridgehead atoms. The fraction of sp³-hybridized carbons (Fsp3) is 0.216. The highest BCUT2D eigenvalue weighted by Crippen LogP contribution is 2.32. The number of urea groups is 1. The van der Waals surface area contributed by atoms with Crippen LogP contribution in [0.4, 0.5) is 4.79 Å². The highest BCUT2D eigenvalue weighted by molar-refractivity contribution is 14.1. The molecule has 11 heteroatoms. The van der Waals surface area contributed by atoms with Gasteiger partial charge in [0.15, 0.2) is 0 Å². The summed E-state index contributed by atoms with van der Waals surface area (Å²) in [5, 5.41) is 9.49. The van der Waals surface area contributed by atoms with Crippen LogP contribution >= 0.6 is 45.2 Å². The topological polar surface area (TPSA) is 89.3 Å². The minimum atomic E-state index is -0.747. The summed E-state index contributed by atoms with van der Waals surface area (Å²) in [6, 6.07) is 27.0. The largest absolute Gasteiger partial charge is 0.464 e. The van der Waals surface area contributed by atoms with Crippen LogP contribution in [0.25, 0.3) is 21.7 Å². The van der Waals surface area contributed by atoms with E-state index in [9.17, 15) is 14.4 Å². The van der Waals surface area contributed by atoms with Crippen molar-refractivity contribution >= 4 is 84.8 Å². The van der Waals surface area contributed by atoms with E-state index < -0.39 is 12.2 Å². The second-order valence-electron chi connectivity index (χ2n) is 12.0. The summed E-state index contributed by atoms with van der Waals surface area (Å²) in [4.78, 5) is 45.6. The van der Waals surface area contributed by atoms with E-state index in [2.05, 4.69) is 75.3 Å². The highest BCUT2D eigenvalue weighted by Gasteiger charge is 2.52. The van der Waals surface area contributed by atoms with E-state index in [0.717, 1.165) is 45.6 Å². The van der Waals surface area contributed by atoms with Crippen LogP contribution in [0, 0.1) is 7.14 Å². The van der Waals surface area contributed by atoms with Crippen LogP contribution in [0.5, 0.6) is 0 Å². The Bertz CT molecular complexity index is 2040. The summed E-state index contributed by atoms with van der Waals surface area (Å²) >= 11 is 4.57. The smallest absolute Gasteiger partial charge is 0.332 e. The van der Waals surface area contributed by atoms with Gasteiger partial charge in [0, 0.05) is 32.0 Å². The summed E-state index contributed by atoms with van der Waals surface area (Å²) in [6.07, 6.45) is 3.08. The molecule has 5 aromatic rings. The predicted octanol–water partition coefficient (Wildman–Crippen LogP) is 6.53. The van der Waals surface area contributed by atoms with Gasteiger partial charge in [0.25, 0.3) is 0 Å². The van der Waals surface area contributed by atoms with Crippen molar-refractivity contribution in [2.45, 2.75) is 31.7 Å². The van der Waals surface area contributed by atoms with Gasteiger partial charge in [0.2, 0.25) is 11.8 Å². The molecule has 48 heavy (non-hydrogen) atoms. The third-order valence-electron chi connectivity index (χ3n) is 9.03. The van der Waals surface area contributed by atoms with Crippen molar-refractivity contribution in [2.24, 2.45) is 0 Å². The summed E-state index contributed by atoms with van der Waals surface area (Å²) in [5.74, 6) is -0.309. The van der Waals surface area contributed by atoms with Crippen LogP contribution in [-0.2, 0) is 29.1 Å². The van der Waals surface area contributed by atoms with Crippen LogP contribution in [-0.4, -0.2) is 69.5 Å². The van der Waals surface area contributed by atoms with E-state index in [0.29, 0.717) is 19.5 Å². The summed E-state index contributed by atoms with van der Waals surface area (Å²) in [7, 11) is 0. The van der Waals surface area contributed by atoms with Crippen molar-refractivity contribution in [2.75, 3.05) is 19.6 Å². The molecule has 2 aliphatic heterocycles. The lowest BCUT2D eigenvalue weighted by Gasteiger charge is -2.46. The zero-order valence-electron chi connectivity index (χ0n) is 26.0. The van der Waals surface area contributed by atoms with Gasteiger partial charge < -0.3 is 19.5 Å². The van der Waals surface area contributed by atoms with E-state index in [1.165, 1.54) is 0 Å². The van der Waals surface area contributed by atoms with E-state index in [4.69, 9.17) is 4.42 Å². The molecule has 1 N–H and O–H groups in total. The van der Waals surface area contributed by atoms with E-state index in [1.807, 2.05) is 71.6 Å². The van der Waals surface area contributed by atoms with E-state index in [1.54, 1.807) is 27.3 Å². The third-order valence-corrected chi connectivity index (χ3v) is 11.9. The summed E-state index contributed by atoms with van der Waals surface area (Å²) in [6.45, 7) is 5.04. The number of benzene rings is 4. The minimum Gasteiger partial charge on any atom is -0.464 e. The van der Waals surface area contributed by atoms with E-state index >= 15 is 0 Å². The number of furan rings is 1. The molecule has 0 aliphatic carbocycles. The lowest BCUT2D eigenvalue weighted by Crippen LogP contribution is -2.66. The molecule has 0 saturated carbocycles. The number of piperazine rings is 1. The molecule has 2 fully saturated rings. The molecule has 4 amide bonds. The molecule has 2 saturated heterocycles. The average molecular weight is 866 g/mol. The fourth-order valence-corrected chi connectivity index (χ4v) is 7.65. The first-order valence-corrected chi connectivity index (χ1v) is 17.9. The number of hydrogen-bond donors (Lipinski definition) is 1. The number of carbonyl (C=O) groups is 3. The Morgan fingerprint density at radius 2 is 1.77 bits per heavy atom. The van der Waals surface area contributed by atoms with Gasteiger partial charge in [-0.1, -0.05) is 60.7 Å². The van der Waals surface area contributed by atoms with Gasteiger partial charge in [-0.2, -0.15) is 5.01 Å². The maximum absolute atomic E-state index is 14.4. The maximum Gasteiger partial charge on any atom is 0.332 e. The van der Waals surface area contributed by atoms with Gasteiger partial charge in [0.1, 0.15) is 17.8 Å². The van der Waals surface area contributed by atoms with Crippen LogP contribution in [0.1, 0.15) is 16.7 Å². The molecule has 7 rings (SSSR count). The first-order chi connectivity index (χ1) is 23.3. The number of amides is 4. The number of rotatable bonds is 9. The molecule has 2 atom stereocenters. The molecule has 244 valence electrons. The minimum absolute atomic E-state index is 0.0278. The monoisotopic (exact) mass is 865 g/mol. The summed E-state index contributed by atoms with van der Waals surface area (Å²) in [5.41, 5.74) is 3.69. The number of nitrogens with zero attached hydrogens (tertiary/aromatic N) is 4. The number of halogens is 2. The Morgan fingerprint density at radius 3 is 2.60 bits per heavy atom. The van der Waals surface area contributed by atoms with Crippen molar-refractivity contribution in [1.82, 2.24) is 25.1 Å². The maximum atomic E-state index is 14.4. The molecule has 2 aliphatic rings. The van der Waals surface area contributed by atoms with Crippen LogP contribution in [0.2, 0.25) is 0 Å². The lowest BCUT2D eigenvalue weighted by atomic mass is 9.98. The molecule has 0 spiro atoms. The van der Waals surface area contributed by atoms with Gasteiger partial charge >= 0.3 is 6.03 Å². The first-order valence-electron chi connectivity index (χ1n) is 15.7. The number of hydrogen-bond acceptors (Lipinski definition) is 5. The molecule has 0 radical (unpaired) electrons.